The summed E-state index contributed by atoms with van der Waals surface area (Å²) < 4.78 is 0. The molecule has 1 aliphatic rings. The first-order chi connectivity index (χ1) is 4.61. The van der Waals surface area contributed by atoms with Gasteiger partial charge in [0.05, 0.1) is 13.1 Å². The molecule has 1 fully saturated rings. The van der Waals surface area contributed by atoms with E-state index in [1.54, 1.807) is 0 Å². The van der Waals surface area contributed by atoms with Gasteiger partial charge in [-0.25, -0.2) is 0 Å². The number of carbonyl (C=O) groups is 2. The average Bonchev–Trinajstić information content (AvgIpc) is 2.13. The van der Waals surface area contributed by atoms with E-state index in [0.29, 0.717) is 0 Å². The molecule has 4 nitrogen and oxygen atoms in total. The monoisotopic (exact) mass is 143 g/mol. The van der Waals surface area contributed by atoms with Crippen LogP contribution in [0.5, 0.6) is 0 Å². The zero-order valence-electron chi connectivity index (χ0n) is 5.70. The van der Waals surface area contributed by atoms with E-state index in [0.717, 1.165) is 0 Å². The van der Waals surface area contributed by atoms with Gasteiger partial charge in [0.15, 0.2) is 5.78 Å². The van der Waals surface area contributed by atoms with E-state index in [-0.39, 0.29) is 24.8 Å². The van der Waals surface area contributed by atoms with E-state index in [4.69, 9.17) is 5.11 Å². The van der Waals surface area contributed by atoms with E-state index in [1.165, 1.54) is 11.8 Å². The van der Waals surface area contributed by atoms with Crippen molar-refractivity contribution < 1.29 is 14.7 Å². The van der Waals surface area contributed by atoms with Crippen LogP contribution in [0.4, 0.5) is 0 Å². The number of nitrogens with zero attached hydrogens (tertiary/aromatic N) is 1. The number of hydrogen-bond donors (Lipinski definition) is 1. The molecule has 0 saturated carbocycles. The van der Waals surface area contributed by atoms with E-state index in [2.05, 4.69) is 0 Å². The predicted octanol–water partition coefficient (Wildman–Crippen LogP) is -1.22. The quantitative estimate of drug-likeness (QED) is 0.462. The standard InChI is InChI=1S/C6H9NO3/c1-4(8)7-2-5(9)6(10)3-7/h5,9H,2-3H2,1H3. The first-order valence-corrected chi connectivity index (χ1v) is 3.07. The molecule has 0 bridgehead atoms. The Morgan fingerprint density at radius 2 is 2.40 bits per heavy atom. The number of hydrogen-bond acceptors (Lipinski definition) is 3. The van der Waals surface area contributed by atoms with Crippen LogP contribution in [0.2, 0.25) is 0 Å². The van der Waals surface area contributed by atoms with Gasteiger partial charge in [0.25, 0.3) is 0 Å². The number of amides is 1. The van der Waals surface area contributed by atoms with Crippen LogP contribution >= 0.6 is 0 Å². The second kappa shape index (κ2) is 2.38. The minimum atomic E-state index is -0.955. The van der Waals surface area contributed by atoms with Crippen LogP contribution in [-0.4, -0.2) is 40.9 Å². The van der Waals surface area contributed by atoms with Crippen molar-refractivity contribution in [3.8, 4) is 0 Å². The van der Waals surface area contributed by atoms with Gasteiger partial charge < -0.3 is 10.0 Å². The fourth-order valence-corrected chi connectivity index (χ4v) is 0.908. The highest BCUT2D eigenvalue weighted by atomic mass is 16.3. The van der Waals surface area contributed by atoms with Gasteiger partial charge in [-0.05, 0) is 0 Å². The maximum atomic E-state index is 10.6. The summed E-state index contributed by atoms with van der Waals surface area (Å²) in [5.74, 6) is -0.430. The van der Waals surface area contributed by atoms with E-state index >= 15 is 0 Å². The van der Waals surface area contributed by atoms with Gasteiger partial charge >= 0.3 is 0 Å². The lowest BCUT2D eigenvalue weighted by Gasteiger charge is -2.09. The van der Waals surface area contributed by atoms with Crippen molar-refractivity contribution in [3.63, 3.8) is 0 Å². The van der Waals surface area contributed by atoms with Gasteiger partial charge in [0, 0.05) is 6.92 Å². The zero-order valence-corrected chi connectivity index (χ0v) is 5.70. The summed E-state index contributed by atoms with van der Waals surface area (Å²) in [6.07, 6.45) is -0.955. The second-order valence-electron chi connectivity index (χ2n) is 2.38. The van der Waals surface area contributed by atoms with Gasteiger partial charge in [-0.15, -0.1) is 0 Å². The second-order valence-corrected chi connectivity index (χ2v) is 2.38. The Morgan fingerprint density at radius 3 is 2.60 bits per heavy atom. The number of β-amino-alcohol motifs (C(OH)–C–C–N with tert-alkyl or cyclic N) is 1. The van der Waals surface area contributed by atoms with Crippen LogP contribution < -0.4 is 0 Å². The zero-order chi connectivity index (χ0) is 7.72. The number of aliphatic hydroxyl groups excluding tert-OH is 1. The molecule has 0 spiro atoms. The topological polar surface area (TPSA) is 57.6 Å². The molecule has 1 amide bonds. The van der Waals surface area contributed by atoms with Crippen molar-refractivity contribution in [2.24, 2.45) is 0 Å². The summed E-state index contributed by atoms with van der Waals surface area (Å²) in [4.78, 5) is 22.6. The minimum absolute atomic E-state index is 0.0660. The third-order valence-corrected chi connectivity index (χ3v) is 1.56. The summed E-state index contributed by atoms with van der Waals surface area (Å²) in [7, 11) is 0. The molecule has 1 saturated heterocycles. The molecule has 1 unspecified atom stereocenters. The van der Waals surface area contributed by atoms with Crippen LogP contribution in [0.1, 0.15) is 6.92 Å². The minimum Gasteiger partial charge on any atom is -0.383 e. The van der Waals surface area contributed by atoms with Gasteiger partial charge in [-0.3, -0.25) is 9.59 Å². The first kappa shape index (κ1) is 7.21. The highest BCUT2D eigenvalue weighted by Gasteiger charge is 2.29. The number of carbonyl (C=O) groups excluding carboxylic acids is 2. The van der Waals surface area contributed by atoms with Crippen LogP contribution in [0.15, 0.2) is 0 Å². The van der Waals surface area contributed by atoms with E-state index < -0.39 is 6.10 Å². The highest BCUT2D eigenvalue weighted by Crippen LogP contribution is 2.04. The molecule has 0 aromatic rings. The largest absolute Gasteiger partial charge is 0.383 e. The molecule has 1 rings (SSSR count). The number of aliphatic hydroxyl groups is 1. The lowest BCUT2D eigenvalue weighted by molar-refractivity contribution is -0.129. The Kier molecular flexibility index (Phi) is 1.72. The lowest BCUT2D eigenvalue weighted by atomic mass is 10.3. The van der Waals surface area contributed by atoms with Gasteiger partial charge in [-0.2, -0.15) is 0 Å². The predicted molar refractivity (Wildman–Crippen MR) is 33.3 cm³/mol. The summed E-state index contributed by atoms with van der Waals surface area (Å²) in [5, 5.41) is 8.87. The van der Waals surface area contributed by atoms with Crippen LogP contribution in [0.25, 0.3) is 0 Å². The molecule has 0 aromatic heterocycles. The molecule has 10 heavy (non-hydrogen) atoms. The van der Waals surface area contributed by atoms with Crippen LogP contribution in [-0.2, 0) is 9.59 Å². The molecular weight excluding hydrogens is 134 g/mol. The lowest BCUT2D eigenvalue weighted by Crippen LogP contribution is -2.26. The van der Waals surface area contributed by atoms with Crippen molar-refractivity contribution in [1.29, 1.82) is 0 Å². The van der Waals surface area contributed by atoms with Crippen molar-refractivity contribution in [2.75, 3.05) is 13.1 Å². The van der Waals surface area contributed by atoms with Crippen molar-refractivity contribution in [1.82, 2.24) is 4.90 Å². The SMILES string of the molecule is CC(=O)N1CC(=O)C(O)C1. The summed E-state index contributed by atoms with van der Waals surface area (Å²) >= 11 is 0. The Bertz CT molecular complexity index is 178. The maximum Gasteiger partial charge on any atom is 0.219 e. The Morgan fingerprint density at radius 1 is 1.80 bits per heavy atom. The van der Waals surface area contributed by atoms with Crippen molar-refractivity contribution >= 4 is 11.7 Å². The van der Waals surface area contributed by atoms with Gasteiger partial charge in [0.1, 0.15) is 6.10 Å². The summed E-state index contributed by atoms with van der Waals surface area (Å²) in [6.45, 7) is 1.61. The highest BCUT2D eigenvalue weighted by molar-refractivity contribution is 5.91. The smallest absolute Gasteiger partial charge is 0.219 e. The Balaban J connectivity index is 2.57. The molecule has 1 N–H and O–H groups in total. The Labute approximate surface area is 58.4 Å². The average molecular weight is 143 g/mol. The molecule has 1 heterocycles. The summed E-state index contributed by atoms with van der Waals surface area (Å²) in [6, 6.07) is 0. The molecular formula is C6H9NO3. The maximum absolute atomic E-state index is 10.6. The normalized spacial score (nSPS) is 25.6. The number of likely N-dealkylation sites (tertiary alicyclic amines) is 1. The van der Waals surface area contributed by atoms with Crippen LogP contribution in [0.3, 0.4) is 0 Å². The molecule has 0 aromatic carbocycles. The molecule has 56 valence electrons. The Hall–Kier alpha value is -0.900. The molecule has 4 heteroatoms. The van der Waals surface area contributed by atoms with Crippen LogP contribution in [0, 0.1) is 0 Å². The molecule has 1 aliphatic heterocycles. The first-order valence-electron chi connectivity index (χ1n) is 3.07. The van der Waals surface area contributed by atoms with E-state index in [9.17, 15) is 9.59 Å². The van der Waals surface area contributed by atoms with Crippen molar-refractivity contribution in [3.05, 3.63) is 0 Å². The number of ketones is 1. The summed E-state index contributed by atoms with van der Waals surface area (Å²) in [5.41, 5.74) is 0. The van der Waals surface area contributed by atoms with Gasteiger partial charge in [-0.1, -0.05) is 0 Å². The fourth-order valence-electron chi connectivity index (χ4n) is 0.908. The number of Topliss-reactive ketones (excluding diaryl/α,β-unsaturated/α-hetero) is 1. The van der Waals surface area contributed by atoms with E-state index in [1.807, 2.05) is 0 Å². The van der Waals surface area contributed by atoms with Gasteiger partial charge in [0.2, 0.25) is 5.91 Å². The van der Waals surface area contributed by atoms with Crippen molar-refractivity contribution in [2.45, 2.75) is 13.0 Å². The third-order valence-electron chi connectivity index (χ3n) is 1.56. The fraction of sp³-hybridized carbons (Fsp3) is 0.667. The third kappa shape index (κ3) is 1.16. The molecule has 0 aliphatic carbocycles. The molecule has 0 radical (unpaired) electrons. The number of rotatable bonds is 0. The molecule has 1 atom stereocenters.